The van der Waals surface area contributed by atoms with Gasteiger partial charge in [-0.2, -0.15) is 16.3 Å². The molecule has 3 aromatic rings. The monoisotopic (exact) mass is 237 g/mol. The van der Waals surface area contributed by atoms with E-state index in [1.807, 2.05) is 16.8 Å². The molecule has 0 aliphatic carbocycles. The van der Waals surface area contributed by atoms with Crippen LogP contribution in [0.4, 0.5) is 0 Å². The Morgan fingerprint density at radius 3 is 3.07 bits per heavy atom. The molecule has 0 N–H and O–H groups in total. The van der Waals surface area contributed by atoms with Crippen molar-refractivity contribution in [3.63, 3.8) is 0 Å². The van der Waals surface area contributed by atoms with Crippen LogP contribution in [0.2, 0.25) is 5.28 Å². The summed E-state index contributed by atoms with van der Waals surface area (Å²) in [6.07, 6.45) is 1.55. The molecule has 0 fully saturated rings. The first-order valence-electron chi connectivity index (χ1n) is 4.14. The second-order valence-corrected chi connectivity index (χ2v) is 3.98. The van der Waals surface area contributed by atoms with Gasteiger partial charge in [-0.3, -0.25) is 0 Å². The van der Waals surface area contributed by atoms with Crippen molar-refractivity contribution in [1.29, 1.82) is 0 Å². The van der Waals surface area contributed by atoms with Crippen molar-refractivity contribution in [1.82, 2.24) is 15.0 Å². The van der Waals surface area contributed by atoms with Crippen molar-refractivity contribution < 1.29 is 4.42 Å². The predicted octanol–water partition coefficient (Wildman–Crippen LogP) is 3.00. The average Bonchev–Trinajstić information content (AvgIpc) is 2.84. The minimum absolute atomic E-state index is 0.163. The summed E-state index contributed by atoms with van der Waals surface area (Å²) < 4.78 is 5.45. The maximum Gasteiger partial charge on any atom is 0.251 e. The van der Waals surface area contributed by atoms with E-state index in [2.05, 4.69) is 15.0 Å². The Balaban J connectivity index is 2.22. The first kappa shape index (κ1) is 8.82. The standard InChI is InChI=1S/C9H4ClN3OS/c10-9-11-3-6-8(13-9)14-7(12-6)5-1-2-15-4-5/h1-4H. The number of aromatic nitrogens is 3. The van der Waals surface area contributed by atoms with Gasteiger partial charge in [0.25, 0.3) is 5.71 Å². The molecule has 0 aliphatic rings. The molecule has 74 valence electrons. The molecule has 3 rings (SSSR count). The molecule has 0 bridgehead atoms. The number of hydrogen-bond donors (Lipinski definition) is 0. The first-order valence-corrected chi connectivity index (χ1v) is 5.47. The van der Waals surface area contributed by atoms with E-state index in [1.165, 1.54) is 0 Å². The predicted molar refractivity (Wildman–Crippen MR) is 57.9 cm³/mol. The largest absolute Gasteiger partial charge is 0.417 e. The lowest BCUT2D eigenvalue weighted by Gasteiger charge is -1.85. The number of nitrogens with zero attached hydrogens (tertiary/aromatic N) is 3. The van der Waals surface area contributed by atoms with E-state index in [4.69, 9.17) is 16.0 Å². The molecule has 4 nitrogen and oxygen atoms in total. The van der Waals surface area contributed by atoms with Crippen LogP contribution in [-0.2, 0) is 0 Å². The molecule has 0 saturated heterocycles. The van der Waals surface area contributed by atoms with Gasteiger partial charge in [-0.25, -0.2) is 9.97 Å². The van der Waals surface area contributed by atoms with Crippen LogP contribution in [-0.4, -0.2) is 15.0 Å². The third-order valence-corrected chi connectivity index (χ3v) is 2.76. The summed E-state index contributed by atoms with van der Waals surface area (Å²) in [4.78, 5) is 12.0. The summed E-state index contributed by atoms with van der Waals surface area (Å²) in [5, 5.41) is 4.08. The van der Waals surface area contributed by atoms with E-state index in [1.54, 1.807) is 17.5 Å². The van der Waals surface area contributed by atoms with Gasteiger partial charge >= 0.3 is 0 Å². The third kappa shape index (κ3) is 1.49. The summed E-state index contributed by atoms with van der Waals surface area (Å²) in [7, 11) is 0. The minimum atomic E-state index is 0.163. The van der Waals surface area contributed by atoms with Crippen molar-refractivity contribution >= 4 is 34.2 Å². The summed E-state index contributed by atoms with van der Waals surface area (Å²) in [5.41, 5.74) is 1.96. The summed E-state index contributed by atoms with van der Waals surface area (Å²) >= 11 is 7.23. The molecule has 0 saturated carbocycles. The zero-order chi connectivity index (χ0) is 10.3. The van der Waals surface area contributed by atoms with Crippen LogP contribution in [0.25, 0.3) is 22.7 Å². The molecular weight excluding hydrogens is 234 g/mol. The zero-order valence-corrected chi connectivity index (χ0v) is 8.92. The molecule has 0 unspecified atom stereocenters. The van der Waals surface area contributed by atoms with E-state index >= 15 is 0 Å². The molecule has 15 heavy (non-hydrogen) atoms. The van der Waals surface area contributed by atoms with E-state index in [0.717, 1.165) is 5.56 Å². The highest BCUT2D eigenvalue weighted by molar-refractivity contribution is 7.08. The molecule has 0 amide bonds. The molecule has 0 aromatic carbocycles. The van der Waals surface area contributed by atoms with Crippen molar-refractivity contribution in [3.8, 4) is 11.5 Å². The van der Waals surface area contributed by atoms with Gasteiger partial charge < -0.3 is 4.42 Å². The Hall–Kier alpha value is -1.46. The number of oxazole rings is 1. The molecule has 3 aromatic heterocycles. The number of rotatable bonds is 1. The van der Waals surface area contributed by atoms with E-state index < -0.39 is 0 Å². The van der Waals surface area contributed by atoms with Crippen LogP contribution >= 0.6 is 22.9 Å². The Morgan fingerprint density at radius 2 is 2.27 bits per heavy atom. The Kier molecular flexibility index (Phi) is 1.93. The lowest BCUT2D eigenvalue weighted by atomic mass is 10.3. The van der Waals surface area contributed by atoms with Crippen molar-refractivity contribution in [2.45, 2.75) is 0 Å². The van der Waals surface area contributed by atoms with Crippen LogP contribution < -0.4 is 0 Å². The highest BCUT2D eigenvalue weighted by atomic mass is 35.5. The van der Waals surface area contributed by atoms with Gasteiger partial charge in [0.1, 0.15) is 5.52 Å². The van der Waals surface area contributed by atoms with Gasteiger partial charge in [0, 0.05) is 10.9 Å². The fourth-order valence-corrected chi connectivity index (χ4v) is 1.98. The Labute approximate surface area is 93.6 Å². The maximum atomic E-state index is 5.64. The fraction of sp³-hybridized carbons (Fsp3) is 0. The molecule has 6 heteroatoms. The van der Waals surface area contributed by atoms with Crippen molar-refractivity contribution in [2.24, 2.45) is 0 Å². The molecule has 3 heterocycles. The lowest BCUT2D eigenvalue weighted by molar-refractivity contribution is 0.607. The van der Waals surface area contributed by atoms with Crippen molar-refractivity contribution in [3.05, 3.63) is 28.3 Å². The van der Waals surface area contributed by atoms with Gasteiger partial charge in [0.05, 0.1) is 6.20 Å². The van der Waals surface area contributed by atoms with Crippen LogP contribution in [0, 0.1) is 0 Å². The number of fused-ring (bicyclic) bond motifs is 1. The summed E-state index contributed by atoms with van der Waals surface area (Å²) in [5.74, 6) is 0.544. The second-order valence-electron chi connectivity index (χ2n) is 2.86. The van der Waals surface area contributed by atoms with E-state index in [9.17, 15) is 0 Å². The van der Waals surface area contributed by atoms with Gasteiger partial charge in [-0.15, -0.1) is 0 Å². The average molecular weight is 238 g/mol. The molecule has 0 radical (unpaired) electrons. The maximum absolute atomic E-state index is 5.64. The minimum Gasteiger partial charge on any atom is -0.417 e. The molecule has 0 atom stereocenters. The normalized spacial score (nSPS) is 11.0. The van der Waals surface area contributed by atoms with E-state index in [0.29, 0.717) is 17.1 Å². The summed E-state index contributed by atoms with van der Waals surface area (Å²) in [6, 6.07) is 1.93. The highest BCUT2D eigenvalue weighted by Gasteiger charge is 2.09. The van der Waals surface area contributed by atoms with Crippen LogP contribution in [0.3, 0.4) is 0 Å². The first-order chi connectivity index (χ1) is 7.33. The number of thiophene rings is 1. The molecular formula is C9H4ClN3OS. The van der Waals surface area contributed by atoms with Crippen molar-refractivity contribution in [2.75, 3.05) is 0 Å². The van der Waals surface area contributed by atoms with Crippen LogP contribution in [0.5, 0.6) is 0 Å². The van der Waals surface area contributed by atoms with Gasteiger partial charge in [-0.1, -0.05) is 0 Å². The number of halogens is 1. The number of hydrogen-bond acceptors (Lipinski definition) is 5. The van der Waals surface area contributed by atoms with Gasteiger partial charge in [0.2, 0.25) is 11.2 Å². The van der Waals surface area contributed by atoms with Crippen LogP contribution in [0.15, 0.2) is 27.4 Å². The summed E-state index contributed by atoms with van der Waals surface area (Å²) in [6.45, 7) is 0. The third-order valence-electron chi connectivity index (χ3n) is 1.89. The van der Waals surface area contributed by atoms with E-state index in [-0.39, 0.29) is 5.28 Å². The second kappa shape index (κ2) is 3.29. The SMILES string of the molecule is Clc1ncc2nc(-c3ccsc3)oc2n1. The molecule has 0 aliphatic heterocycles. The van der Waals surface area contributed by atoms with Gasteiger partial charge in [-0.05, 0) is 23.0 Å². The Bertz CT molecular complexity index is 605. The van der Waals surface area contributed by atoms with Crippen LogP contribution in [0.1, 0.15) is 0 Å². The topological polar surface area (TPSA) is 51.8 Å². The smallest absolute Gasteiger partial charge is 0.251 e. The lowest BCUT2D eigenvalue weighted by Crippen LogP contribution is -1.79. The highest BCUT2D eigenvalue weighted by Crippen LogP contribution is 2.24. The zero-order valence-electron chi connectivity index (χ0n) is 7.35. The fourth-order valence-electron chi connectivity index (χ4n) is 1.22. The molecule has 0 spiro atoms. The van der Waals surface area contributed by atoms with Gasteiger partial charge in [0.15, 0.2) is 0 Å². The Morgan fingerprint density at radius 1 is 1.33 bits per heavy atom. The quantitative estimate of drug-likeness (QED) is 0.611.